The Morgan fingerprint density at radius 2 is 1.77 bits per heavy atom. The van der Waals surface area contributed by atoms with Gasteiger partial charge in [-0.15, -0.1) is 0 Å². The zero-order valence-electron chi connectivity index (χ0n) is 13.1. The maximum atomic E-state index is 12.4. The predicted molar refractivity (Wildman–Crippen MR) is 95.5 cm³/mol. The van der Waals surface area contributed by atoms with Crippen LogP contribution in [0.2, 0.25) is 5.02 Å². The van der Waals surface area contributed by atoms with Gasteiger partial charge in [0, 0.05) is 19.2 Å². The Balaban J connectivity index is 2.15. The number of non-ortho nitro benzene ring substituents is 2. The number of aryl methyl sites for hydroxylation is 1. The van der Waals surface area contributed by atoms with Crippen molar-refractivity contribution >= 4 is 50.4 Å². The molecule has 0 saturated carbocycles. The van der Waals surface area contributed by atoms with Crippen molar-refractivity contribution in [3.05, 3.63) is 72.0 Å². The number of hydrogen-bond acceptors (Lipinski definition) is 6. The largest absolute Gasteiger partial charge is 0.318 e. The minimum absolute atomic E-state index is 0.241. The van der Waals surface area contributed by atoms with Crippen molar-refractivity contribution < 1.29 is 14.6 Å². The second-order valence-corrected chi connectivity index (χ2v) is 6.62. The van der Waals surface area contributed by atoms with Crippen molar-refractivity contribution in [1.29, 1.82) is 0 Å². The monoisotopic (exact) mass is 392 g/mol. The van der Waals surface area contributed by atoms with E-state index in [9.17, 15) is 25.0 Å². The quantitative estimate of drug-likeness (QED) is 0.499. The van der Waals surface area contributed by atoms with Gasteiger partial charge in [-0.25, -0.2) is 0 Å². The van der Waals surface area contributed by atoms with Crippen LogP contribution >= 0.6 is 22.9 Å². The van der Waals surface area contributed by atoms with Gasteiger partial charge in [0.1, 0.15) is 0 Å². The van der Waals surface area contributed by atoms with Gasteiger partial charge in [0.2, 0.25) is 0 Å². The molecule has 0 aliphatic carbocycles. The predicted octanol–water partition coefficient (Wildman–Crippen LogP) is 3.45. The van der Waals surface area contributed by atoms with Crippen molar-refractivity contribution in [3.8, 4) is 0 Å². The molecule has 3 rings (SSSR count). The Morgan fingerprint density at radius 1 is 1.15 bits per heavy atom. The van der Waals surface area contributed by atoms with Gasteiger partial charge in [-0.1, -0.05) is 29.0 Å². The summed E-state index contributed by atoms with van der Waals surface area (Å²) < 4.78 is 2.42. The van der Waals surface area contributed by atoms with Gasteiger partial charge < -0.3 is 4.57 Å². The fourth-order valence-corrected chi connectivity index (χ4v) is 3.75. The summed E-state index contributed by atoms with van der Waals surface area (Å²) in [6.45, 7) is 0. The average molecular weight is 393 g/mol. The first-order valence-electron chi connectivity index (χ1n) is 7.05. The zero-order chi connectivity index (χ0) is 19.0. The first-order valence-corrected chi connectivity index (χ1v) is 8.24. The van der Waals surface area contributed by atoms with Crippen LogP contribution in [0.15, 0.2) is 41.4 Å². The van der Waals surface area contributed by atoms with Crippen LogP contribution < -0.4 is 4.80 Å². The Morgan fingerprint density at radius 3 is 2.31 bits per heavy atom. The smallest absolute Gasteiger partial charge is 0.280 e. The van der Waals surface area contributed by atoms with Crippen LogP contribution in [0, 0.1) is 20.2 Å². The molecule has 0 fully saturated rings. The summed E-state index contributed by atoms with van der Waals surface area (Å²) in [6.07, 6.45) is 0. The number of nitrogens with zero attached hydrogens (tertiary/aromatic N) is 4. The molecule has 0 atom stereocenters. The fraction of sp³-hybridized carbons (Fsp3) is 0.0667. The molecule has 2 aromatic carbocycles. The van der Waals surface area contributed by atoms with Gasteiger partial charge in [0.05, 0.1) is 36.7 Å². The maximum Gasteiger partial charge on any atom is 0.280 e. The van der Waals surface area contributed by atoms with Crippen molar-refractivity contribution in [1.82, 2.24) is 4.57 Å². The van der Waals surface area contributed by atoms with Crippen LogP contribution in [0.4, 0.5) is 11.4 Å². The van der Waals surface area contributed by atoms with Gasteiger partial charge in [0.15, 0.2) is 4.80 Å². The lowest BCUT2D eigenvalue weighted by Crippen LogP contribution is -2.13. The van der Waals surface area contributed by atoms with Gasteiger partial charge in [0.25, 0.3) is 17.3 Å². The lowest BCUT2D eigenvalue weighted by Gasteiger charge is -1.99. The summed E-state index contributed by atoms with van der Waals surface area (Å²) in [7, 11) is 1.67. The molecule has 0 saturated heterocycles. The molecule has 9 nitrogen and oxygen atoms in total. The van der Waals surface area contributed by atoms with Crippen molar-refractivity contribution in [2.45, 2.75) is 0 Å². The van der Waals surface area contributed by atoms with Crippen LogP contribution in [0.25, 0.3) is 10.2 Å². The number of benzene rings is 2. The number of thiazole rings is 1. The number of hydrogen-bond donors (Lipinski definition) is 0. The molecule has 0 bridgehead atoms. The van der Waals surface area contributed by atoms with Crippen molar-refractivity contribution in [2.24, 2.45) is 12.0 Å². The molecule has 0 N–H and O–H groups in total. The van der Waals surface area contributed by atoms with Crippen LogP contribution in [-0.4, -0.2) is 20.3 Å². The van der Waals surface area contributed by atoms with E-state index in [1.807, 2.05) is 6.07 Å². The number of fused-ring (bicyclic) bond motifs is 1. The van der Waals surface area contributed by atoms with E-state index in [4.69, 9.17) is 11.6 Å². The van der Waals surface area contributed by atoms with Gasteiger partial charge in [-0.05, 0) is 12.1 Å². The van der Waals surface area contributed by atoms with Crippen LogP contribution in [0.5, 0.6) is 0 Å². The second kappa shape index (κ2) is 6.65. The zero-order valence-corrected chi connectivity index (χ0v) is 14.7. The highest BCUT2D eigenvalue weighted by atomic mass is 35.5. The Hall–Kier alpha value is -3.11. The molecule has 1 amide bonds. The van der Waals surface area contributed by atoms with Crippen molar-refractivity contribution in [2.75, 3.05) is 0 Å². The third-order valence-corrected chi connectivity index (χ3v) is 4.94. The lowest BCUT2D eigenvalue weighted by molar-refractivity contribution is -0.394. The normalized spacial score (nSPS) is 11.7. The number of halogens is 1. The van der Waals surface area contributed by atoms with Crippen LogP contribution in [0.3, 0.4) is 0 Å². The summed E-state index contributed by atoms with van der Waals surface area (Å²) >= 11 is 7.36. The molecule has 0 radical (unpaired) electrons. The molecular formula is C15H9ClN4O5S. The summed E-state index contributed by atoms with van der Waals surface area (Å²) in [4.78, 5) is 37.0. The highest BCUT2D eigenvalue weighted by Gasteiger charge is 2.20. The molecule has 132 valence electrons. The van der Waals surface area contributed by atoms with Gasteiger partial charge in [-0.2, -0.15) is 4.99 Å². The number of nitro benzene ring substituents is 2. The maximum absolute atomic E-state index is 12.4. The molecule has 0 unspecified atom stereocenters. The molecule has 0 aliphatic heterocycles. The average Bonchev–Trinajstić information content (AvgIpc) is 2.91. The Bertz CT molecular complexity index is 1120. The minimum atomic E-state index is -0.824. The summed E-state index contributed by atoms with van der Waals surface area (Å²) in [5.74, 6) is -0.824. The van der Waals surface area contributed by atoms with E-state index >= 15 is 0 Å². The number of para-hydroxylation sites is 1. The number of rotatable bonds is 3. The van der Waals surface area contributed by atoms with E-state index < -0.39 is 27.1 Å². The molecule has 1 aromatic heterocycles. The van der Waals surface area contributed by atoms with E-state index in [-0.39, 0.29) is 5.56 Å². The third kappa shape index (κ3) is 3.19. The number of carbonyl (C=O) groups is 1. The van der Waals surface area contributed by atoms with Crippen LogP contribution in [0.1, 0.15) is 10.4 Å². The Kier molecular flexibility index (Phi) is 4.53. The lowest BCUT2D eigenvalue weighted by atomic mass is 10.1. The molecule has 3 aromatic rings. The molecular weight excluding hydrogens is 384 g/mol. The van der Waals surface area contributed by atoms with E-state index in [1.165, 1.54) is 11.3 Å². The third-order valence-electron chi connectivity index (χ3n) is 3.54. The van der Waals surface area contributed by atoms with E-state index in [0.29, 0.717) is 15.3 Å². The summed E-state index contributed by atoms with van der Waals surface area (Å²) in [5.41, 5.74) is -0.659. The topological polar surface area (TPSA) is 121 Å². The molecule has 11 heteroatoms. The van der Waals surface area contributed by atoms with Gasteiger partial charge >= 0.3 is 0 Å². The summed E-state index contributed by atoms with van der Waals surface area (Å²) in [5, 5.41) is 22.4. The fourth-order valence-electron chi connectivity index (χ4n) is 2.34. The molecule has 1 heterocycles. The molecule has 0 spiro atoms. The standard InChI is InChI=1S/C15H9ClN4O5S/c1-18-13-11(16)3-2-4-12(13)26-15(18)17-14(21)8-5-9(19(22)23)7-10(6-8)20(24)25/h2-7H,1H3. The number of aromatic nitrogens is 1. The van der Waals surface area contributed by atoms with Crippen LogP contribution in [-0.2, 0) is 7.05 Å². The second-order valence-electron chi connectivity index (χ2n) is 5.20. The molecule has 0 aliphatic rings. The van der Waals surface area contributed by atoms with Gasteiger partial charge in [-0.3, -0.25) is 25.0 Å². The highest BCUT2D eigenvalue weighted by Crippen LogP contribution is 2.25. The minimum Gasteiger partial charge on any atom is -0.318 e. The SMILES string of the molecule is Cn1c(=NC(=O)c2cc([N+](=O)[O-])cc([N+](=O)[O-])c2)sc2cccc(Cl)c21. The number of amides is 1. The van der Waals surface area contributed by atoms with E-state index in [2.05, 4.69) is 4.99 Å². The summed E-state index contributed by atoms with van der Waals surface area (Å²) in [6, 6.07) is 7.98. The Labute approximate surface area is 154 Å². The highest BCUT2D eigenvalue weighted by molar-refractivity contribution is 7.16. The van der Waals surface area contributed by atoms with E-state index in [1.54, 1.807) is 23.7 Å². The molecule has 26 heavy (non-hydrogen) atoms. The van der Waals surface area contributed by atoms with Crippen molar-refractivity contribution in [3.63, 3.8) is 0 Å². The first kappa shape index (κ1) is 17.7. The first-order chi connectivity index (χ1) is 12.3. The van der Waals surface area contributed by atoms with E-state index in [0.717, 1.165) is 22.9 Å². The number of carbonyl (C=O) groups excluding carboxylic acids is 1. The number of nitro groups is 2.